The molecule has 154 valence electrons. The van der Waals surface area contributed by atoms with E-state index in [4.69, 9.17) is 0 Å². The Morgan fingerprint density at radius 2 is 1.68 bits per heavy atom. The van der Waals surface area contributed by atoms with Gasteiger partial charge < -0.3 is 15.0 Å². The summed E-state index contributed by atoms with van der Waals surface area (Å²) < 4.78 is 40.6. The van der Waals surface area contributed by atoms with E-state index in [1.165, 1.54) is 18.6 Å². The van der Waals surface area contributed by atoms with E-state index in [-0.39, 0.29) is 35.1 Å². The van der Waals surface area contributed by atoms with Crippen molar-refractivity contribution in [2.75, 3.05) is 13.1 Å². The molecule has 28 heavy (non-hydrogen) atoms. The lowest BCUT2D eigenvalue weighted by Crippen LogP contribution is -2.47. The van der Waals surface area contributed by atoms with Gasteiger partial charge in [0.25, 0.3) is 5.91 Å². The number of rotatable bonds is 4. The molecule has 1 aromatic carbocycles. The summed E-state index contributed by atoms with van der Waals surface area (Å²) in [4.78, 5) is 26.9. The van der Waals surface area contributed by atoms with Crippen LogP contribution in [-0.4, -0.2) is 42.2 Å². The van der Waals surface area contributed by atoms with Gasteiger partial charge >= 0.3 is 6.36 Å². The Bertz CT molecular complexity index is 685. The molecule has 2 fully saturated rings. The molecule has 1 saturated carbocycles. The number of ether oxygens (including phenoxy) is 1. The number of alkyl halides is 3. The summed E-state index contributed by atoms with van der Waals surface area (Å²) in [5.41, 5.74) is 0.280. The van der Waals surface area contributed by atoms with Gasteiger partial charge in [0.05, 0.1) is 5.92 Å². The minimum atomic E-state index is -4.77. The molecule has 1 atom stereocenters. The van der Waals surface area contributed by atoms with Crippen molar-refractivity contribution in [2.45, 2.75) is 57.3 Å². The number of carbonyl (C=O) groups is 2. The van der Waals surface area contributed by atoms with Crippen molar-refractivity contribution in [3.8, 4) is 5.75 Å². The van der Waals surface area contributed by atoms with Gasteiger partial charge in [-0.3, -0.25) is 9.59 Å². The summed E-state index contributed by atoms with van der Waals surface area (Å²) in [6.45, 7) is 0.866. The Balaban J connectivity index is 1.57. The first kappa shape index (κ1) is 20.5. The van der Waals surface area contributed by atoms with Gasteiger partial charge in [-0.05, 0) is 49.9 Å². The fourth-order valence-corrected chi connectivity index (χ4v) is 3.92. The third-order valence-electron chi connectivity index (χ3n) is 5.37. The summed E-state index contributed by atoms with van der Waals surface area (Å²) in [6.07, 6.45) is 2.19. The van der Waals surface area contributed by atoms with Gasteiger partial charge in [-0.1, -0.05) is 19.3 Å². The number of nitrogens with one attached hydrogen (secondary N) is 1. The summed E-state index contributed by atoms with van der Waals surface area (Å²) in [5, 5.41) is 3.12. The van der Waals surface area contributed by atoms with Crippen LogP contribution in [0.25, 0.3) is 0 Å². The molecule has 1 aliphatic carbocycles. The van der Waals surface area contributed by atoms with E-state index in [1.807, 2.05) is 0 Å². The first-order chi connectivity index (χ1) is 13.3. The standard InChI is InChI=1S/C20H25F3N2O3/c21-20(22,23)28-17-10-8-14(9-11-17)19(27)25-12-4-5-15(13-25)18(26)24-16-6-2-1-3-7-16/h8-11,15-16H,1-7,12-13H2,(H,24,26). The van der Waals surface area contributed by atoms with Gasteiger partial charge in [0, 0.05) is 24.7 Å². The van der Waals surface area contributed by atoms with Crippen LogP contribution >= 0.6 is 0 Å². The fourth-order valence-electron chi connectivity index (χ4n) is 3.92. The van der Waals surface area contributed by atoms with Crippen molar-refractivity contribution in [3.05, 3.63) is 29.8 Å². The third-order valence-corrected chi connectivity index (χ3v) is 5.37. The maximum absolute atomic E-state index is 12.7. The monoisotopic (exact) mass is 398 g/mol. The number of benzene rings is 1. The summed E-state index contributed by atoms with van der Waals surface area (Å²) >= 11 is 0. The molecule has 1 unspecified atom stereocenters. The van der Waals surface area contributed by atoms with Crippen molar-refractivity contribution in [2.24, 2.45) is 5.92 Å². The van der Waals surface area contributed by atoms with Gasteiger partial charge in [0.2, 0.25) is 5.91 Å². The fraction of sp³-hybridized carbons (Fsp3) is 0.600. The second-order valence-corrected chi connectivity index (χ2v) is 7.51. The van der Waals surface area contributed by atoms with Crippen LogP contribution < -0.4 is 10.1 Å². The van der Waals surface area contributed by atoms with Gasteiger partial charge in [-0.2, -0.15) is 0 Å². The SMILES string of the molecule is O=C(NC1CCCCC1)C1CCCN(C(=O)c2ccc(OC(F)(F)F)cc2)C1. The molecule has 2 aliphatic rings. The van der Waals surface area contributed by atoms with E-state index >= 15 is 0 Å². The van der Waals surface area contributed by atoms with Crippen molar-refractivity contribution in [3.63, 3.8) is 0 Å². The number of hydrogen-bond acceptors (Lipinski definition) is 3. The highest BCUT2D eigenvalue weighted by Crippen LogP contribution is 2.25. The number of carbonyl (C=O) groups excluding carboxylic acids is 2. The highest BCUT2D eigenvalue weighted by Gasteiger charge is 2.32. The molecule has 0 bridgehead atoms. The number of hydrogen-bond donors (Lipinski definition) is 1. The van der Waals surface area contributed by atoms with E-state index in [0.717, 1.165) is 50.7 Å². The second-order valence-electron chi connectivity index (χ2n) is 7.51. The zero-order valence-corrected chi connectivity index (χ0v) is 15.6. The third kappa shape index (κ3) is 5.62. The number of nitrogens with zero attached hydrogens (tertiary/aromatic N) is 1. The van der Waals surface area contributed by atoms with E-state index in [1.54, 1.807) is 4.90 Å². The topological polar surface area (TPSA) is 58.6 Å². The smallest absolute Gasteiger partial charge is 0.406 e. The number of amides is 2. The van der Waals surface area contributed by atoms with Crippen molar-refractivity contribution < 1.29 is 27.5 Å². The van der Waals surface area contributed by atoms with Crippen LogP contribution in [0.5, 0.6) is 5.75 Å². The minimum Gasteiger partial charge on any atom is -0.406 e. The number of halogens is 3. The van der Waals surface area contributed by atoms with Crippen LogP contribution in [-0.2, 0) is 4.79 Å². The lowest BCUT2D eigenvalue weighted by atomic mass is 9.93. The molecule has 8 heteroatoms. The Morgan fingerprint density at radius 3 is 2.32 bits per heavy atom. The van der Waals surface area contributed by atoms with Gasteiger partial charge in [0.1, 0.15) is 5.75 Å². The summed E-state index contributed by atoms with van der Waals surface area (Å²) in [5.74, 6) is -0.896. The molecule has 1 aliphatic heterocycles. The van der Waals surface area contributed by atoms with Gasteiger partial charge in [-0.15, -0.1) is 13.2 Å². The highest BCUT2D eigenvalue weighted by atomic mass is 19.4. The Labute approximate surface area is 162 Å². The first-order valence-corrected chi connectivity index (χ1v) is 9.77. The predicted molar refractivity (Wildman–Crippen MR) is 96.8 cm³/mol. The van der Waals surface area contributed by atoms with E-state index < -0.39 is 6.36 Å². The average Bonchev–Trinajstić information content (AvgIpc) is 2.68. The number of likely N-dealkylation sites (tertiary alicyclic amines) is 1. The second kappa shape index (κ2) is 8.84. The maximum Gasteiger partial charge on any atom is 0.573 e. The van der Waals surface area contributed by atoms with Crippen LogP contribution in [0.15, 0.2) is 24.3 Å². The molecule has 0 spiro atoms. The first-order valence-electron chi connectivity index (χ1n) is 9.77. The highest BCUT2D eigenvalue weighted by molar-refractivity contribution is 5.94. The van der Waals surface area contributed by atoms with Crippen molar-refractivity contribution in [1.29, 1.82) is 0 Å². The van der Waals surface area contributed by atoms with E-state index in [9.17, 15) is 22.8 Å². The maximum atomic E-state index is 12.7. The zero-order chi connectivity index (χ0) is 20.1. The molecule has 5 nitrogen and oxygen atoms in total. The van der Waals surface area contributed by atoms with Crippen LogP contribution in [0.3, 0.4) is 0 Å². The molecule has 2 amide bonds. The Morgan fingerprint density at radius 1 is 1.00 bits per heavy atom. The molecule has 1 saturated heterocycles. The van der Waals surface area contributed by atoms with Crippen molar-refractivity contribution >= 4 is 11.8 Å². The minimum absolute atomic E-state index is 0.00155. The lowest BCUT2D eigenvalue weighted by Gasteiger charge is -2.33. The Hall–Kier alpha value is -2.25. The molecule has 1 aromatic rings. The van der Waals surface area contributed by atoms with E-state index in [2.05, 4.69) is 10.1 Å². The summed E-state index contributed by atoms with van der Waals surface area (Å²) in [7, 11) is 0. The van der Waals surface area contributed by atoms with Crippen LogP contribution in [0.2, 0.25) is 0 Å². The molecule has 0 aromatic heterocycles. The number of piperidine rings is 1. The van der Waals surface area contributed by atoms with Gasteiger partial charge in [-0.25, -0.2) is 0 Å². The molecule has 0 radical (unpaired) electrons. The molecular weight excluding hydrogens is 373 g/mol. The van der Waals surface area contributed by atoms with Crippen molar-refractivity contribution in [1.82, 2.24) is 10.2 Å². The van der Waals surface area contributed by atoms with E-state index in [0.29, 0.717) is 13.1 Å². The van der Waals surface area contributed by atoms with Gasteiger partial charge in [0.15, 0.2) is 0 Å². The normalized spacial score (nSPS) is 21.2. The van der Waals surface area contributed by atoms with Crippen LogP contribution in [0, 0.1) is 5.92 Å². The van der Waals surface area contributed by atoms with Crippen LogP contribution in [0.4, 0.5) is 13.2 Å². The molecule has 3 rings (SSSR count). The Kier molecular flexibility index (Phi) is 6.46. The quantitative estimate of drug-likeness (QED) is 0.837. The molecular formula is C20H25F3N2O3. The van der Waals surface area contributed by atoms with Crippen LogP contribution in [0.1, 0.15) is 55.3 Å². The predicted octanol–water partition coefficient (Wildman–Crippen LogP) is 3.89. The lowest BCUT2D eigenvalue weighted by molar-refractivity contribution is -0.274. The summed E-state index contributed by atoms with van der Waals surface area (Å²) in [6, 6.07) is 5.11. The molecule has 1 heterocycles. The largest absolute Gasteiger partial charge is 0.573 e. The zero-order valence-electron chi connectivity index (χ0n) is 15.6. The molecule has 1 N–H and O–H groups in total. The average molecular weight is 398 g/mol.